The van der Waals surface area contributed by atoms with Crippen molar-refractivity contribution in [3.8, 4) is 16.9 Å². The molecule has 4 heteroatoms. The molecule has 0 spiro atoms. The van der Waals surface area contributed by atoms with Crippen molar-refractivity contribution in [2.45, 2.75) is 51.0 Å². The van der Waals surface area contributed by atoms with Crippen molar-refractivity contribution in [3.63, 3.8) is 0 Å². The van der Waals surface area contributed by atoms with Gasteiger partial charge in [-0.15, -0.1) is 0 Å². The Hall–Kier alpha value is -2.75. The van der Waals surface area contributed by atoms with Crippen molar-refractivity contribution in [1.29, 1.82) is 0 Å². The molecule has 0 amide bonds. The number of fused-ring (bicyclic) bond motifs is 1. The maximum absolute atomic E-state index is 12.3. The Morgan fingerprint density at radius 1 is 1.32 bits per heavy atom. The number of aryl methyl sites for hydroxylation is 2. The summed E-state index contributed by atoms with van der Waals surface area (Å²) in [6.07, 6.45) is 5.47. The average molecular weight is 378 g/mol. The van der Waals surface area contributed by atoms with Crippen molar-refractivity contribution >= 4 is 5.97 Å². The minimum absolute atomic E-state index is 0.475. The van der Waals surface area contributed by atoms with Crippen molar-refractivity contribution in [3.05, 3.63) is 65.4 Å². The molecule has 1 fully saturated rings. The van der Waals surface area contributed by atoms with E-state index in [4.69, 9.17) is 9.47 Å². The van der Waals surface area contributed by atoms with E-state index in [1.807, 2.05) is 25.1 Å². The zero-order valence-corrected chi connectivity index (χ0v) is 16.5. The molecule has 0 aromatic heterocycles. The van der Waals surface area contributed by atoms with Gasteiger partial charge in [0.05, 0.1) is 12.9 Å². The fraction of sp³-hybridized carbons (Fsp3) is 0.375. The van der Waals surface area contributed by atoms with E-state index in [9.17, 15) is 9.90 Å². The minimum atomic E-state index is -1.50. The maximum atomic E-state index is 12.3. The van der Waals surface area contributed by atoms with E-state index < -0.39 is 11.6 Å². The molecule has 2 aromatic rings. The van der Waals surface area contributed by atoms with Gasteiger partial charge in [0.1, 0.15) is 5.75 Å². The van der Waals surface area contributed by atoms with E-state index in [1.54, 1.807) is 6.92 Å². The molecule has 0 radical (unpaired) electrons. The van der Waals surface area contributed by atoms with Crippen LogP contribution in [0.15, 0.2) is 43.2 Å². The number of ether oxygens (including phenoxy) is 2. The van der Waals surface area contributed by atoms with Gasteiger partial charge in [-0.05, 0) is 85.4 Å². The Balaban J connectivity index is 1.98. The summed E-state index contributed by atoms with van der Waals surface area (Å²) in [6.45, 7) is 7.92. The van der Waals surface area contributed by atoms with Crippen molar-refractivity contribution < 1.29 is 19.4 Å². The quantitative estimate of drug-likeness (QED) is 0.691. The predicted octanol–water partition coefficient (Wildman–Crippen LogP) is 5.32. The predicted molar refractivity (Wildman–Crippen MR) is 109 cm³/mol. The van der Waals surface area contributed by atoms with Crippen LogP contribution < -0.4 is 4.74 Å². The molecule has 28 heavy (non-hydrogen) atoms. The summed E-state index contributed by atoms with van der Waals surface area (Å²) < 4.78 is 11.4. The SMILES string of the molecule is C=CO[C@](C)(C(=O)O)c1c(C)ccc(C2CC2)c1-c1ccc2c(c1)CCCO2. The van der Waals surface area contributed by atoms with Crippen molar-refractivity contribution in [2.24, 2.45) is 0 Å². The molecule has 4 nitrogen and oxygen atoms in total. The molecule has 1 aliphatic carbocycles. The molecule has 4 rings (SSSR count). The summed E-state index contributed by atoms with van der Waals surface area (Å²) in [4.78, 5) is 12.3. The van der Waals surface area contributed by atoms with Crippen LogP contribution in [0.5, 0.6) is 5.75 Å². The van der Waals surface area contributed by atoms with Crippen molar-refractivity contribution in [2.75, 3.05) is 6.61 Å². The van der Waals surface area contributed by atoms with Crippen LogP contribution in [0.3, 0.4) is 0 Å². The third-order valence-electron chi connectivity index (χ3n) is 5.86. The fourth-order valence-electron chi connectivity index (χ4n) is 4.28. The Bertz CT molecular complexity index is 942. The molecule has 2 aromatic carbocycles. The third-order valence-corrected chi connectivity index (χ3v) is 5.86. The smallest absolute Gasteiger partial charge is 0.352 e. The Morgan fingerprint density at radius 2 is 2.11 bits per heavy atom. The first-order chi connectivity index (χ1) is 13.5. The van der Waals surface area contributed by atoms with E-state index in [0.29, 0.717) is 11.5 Å². The second-order valence-electron chi connectivity index (χ2n) is 7.89. The Labute approximate surface area is 165 Å². The lowest BCUT2D eigenvalue weighted by Gasteiger charge is -2.30. The summed E-state index contributed by atoms with van der Waals surface area (Å²) >= 11 is 0. The highest BCUT2D eigenvalue weighted by molar-refractivity contribution is 5.86. The number of rotatable bonds is 6. The highest BCUT2D eigenvalue weighted by Crippen LogP contribution is 2.49. The first-order valence-electron chi connectivity index (χ1n) is 9.88. The van der Waals surface area contributed by atoms with Gasteiger partial charge in [-0.25, -0.2) is 4.79 Å². The number of carboxylic acid groups (broad SMARTS) is 1. The monoisotopic (exact) mass is 378 g/mol. The van der Waals surface area contributed by atoms with Crippen LogP contribution in [0.2, 0.25) is 0 Å². The lowest BCUT2D eigenvalue weighted by atomic mass is 9.80. The zero-order valence-electron chi connectivity index (χ0n) is 16.5. The van der Waals surface area contributed by atoms with Gasteiger partial charge in [-0.1, -0.05) is 24.8 Å². The Kier molecular flexibility index (Phi) is 4.66. The standard InChI is InChI=1S/C24H26O4/c1-4-28-24(3,23(25)26)22-15(2)7-11-19(16-8-9-16)21(22)18-10-12-20-17(14-18)6-5-13-27-20/h4,7,10-12,14,16H,1,5-6,8-9,13H2,2-3H3,(H,25,26)/t24-/m0/s1. The zero-order chi connectivity index (χ0) is 19.9. The molecule has 0 unspecified atom stereocenters. The molecule has 1 atom stereocenters. The molecule has 1 heterocycles. The van der Waals surface area contributed by atoms with Gasteiger partial charge >= 0.3 is 5.97 Å². The van der Waals surface area contributed by atoms with Crippen LogP contribution >= 0.6 is 0 Å². The second-order valence-corrected chi connectivity index (χ2v) is 7.89. The van der Waals surface area contributed by atoms with Crippen LogP contribution in [-0.2, 0) is 21.6 Å². The van der Waals surface area contributed by atoms with E-state index in [-0.39, 0.29) is 0 Å². The normalized spacial score (nSPS) is 17.8. The van der Waals surface area contributed by atoms with Gasteiger partial charge in [0.25, 0.3) is 0 Å². The molecular weight excluding hydrogens is 352 g/mol. The molecule has 1 saturated carbocycles. The highest BCUT2D eigenvalue weighted by Gasteiger charge is 2.42. The average Bonchev–Trinajstić information content (AvgIpc) is 3.52. The topological polar surface area (TPSA) is 55.8 Å². The van der Waals surface area contributed by atoms with Gasteiger partial charge in [-0.3, -0.25) is 0 Å². The van der Waals surface area contributed by atoms with Gasteiger partial charge in [0, 0.05) is 5.56 Å². The Morgan fingerprint density at radius 3 is 2.79 bits per heavy atom. The number of carboxylic acids is 1. The summed E-state index contributed by atoms with van der Waals surface area (Å²) in [5, 5.41) is 10.1. The summed E-state index contributed by atoms with van der Waals surface area (Å²) in [6, 6.07) is 10.4. The molecule has 2 aliphatic rings. The molecular formula is C24H26O4. The lowest BCUT2D eigenvalue weighted by Crippen LogP contribution is -2.35. The van der Waals surface area contributed by atoms with Gasteiger partial charge in [0.15, 0.2) is 0 Å². The van der Waals surface area contributed by atoms with Crippen LogP contribution in [0, 0.1) is 6.92 Å². The summed E-state index contributed by atoms with van der Waals surface area (Å²) in [7, 11) is 0. The van der Waals surface area contributed by atoms with Crippen LogP contribution in [0.4, 0.5) is 0 Å². The fourth-order valence-corrected chi connectivity index (χ4v) is 4.28. The number of benzene rings is 2. The largest absolute Gasteiger partial charge is 0.493 e. The first-order valence-corrected chi connectivity index (χ1v) is 9.88. The first kappa shape index (κ1) is 18.6. The molecule has 1 aliphatic heterocycles. The van der Waals surface area contributed by atoms with Gasteiger partial charge < -0.3 is 14.6 Å². The maximum Gasteiger partial charge on any atom is 0.352 e. The van der Waals surface area contributed by atoms with Crippen LogP contribution in [0.25, 0.3) is 11.1 Å². The number of hydrogen-bond acceptors (Lipinski definition) is 3. The van der Waals surface area contributed by atoms with Crippen LogP contribution in [-0.4, -0.2) is 17.7 Å². The summed E-state index contributed by atoms with van der Waals surface area (Å²) in [5.41, 5.74) is 4.52. The molecule has 0 saturated heterocycles. The van der Waals surface area contributed by atoms with Gasteiger partial charge in [0.2, 0.25) is 5.60 Å². The molecule has 146 valence electrons. The second kappa shape index (κ2) is 7.01. The number of carbonyl (C=O) groups is 1. The third kappa shape index (κ3) is 3.07. The highest BCUT2D eigenvalue weighted by atomic mass is 16.5. The van der Waals surface area contributed by atoms with E-state index in [1.165, 1.54) is 17.4 Å². The number of aliphatic carboxylic acids is 1. The molecule has 0 bridgehead atoms. The van der Waals surface area contributed by atoms with E-state index in [0.717, 1.165) is 54.7 Å². The van der Waals surface area contributed by atoms with E-state index in [2.05, 4.69) is 18.7 Å². The lowest BCUT2D eigenvalue weighted by molar-refractivity contribution is -0.158. The van der Waals surface area contributed by atoms with Crippen molar-refractivity contribution in [1.82, 2.24) is 0 Å². The molecule has 1 N–H and O–H groups in total. The minimum Gasteiger partial charge on any atom is -0.493 e. The van der Waals surface area contributed by atoms with Crippen LogP contribution in [0.1, 0.15) is 54.4 Å². The van der Waals surface area contributed by atoms with E-state index >= 15 is 0 Å². The summed E-state index contributed by atoms with van der Waals surface area (Å²) in [5.74, 6) is 0.384. The number of hydrogen-bond donors (Lipinski definition) is 1. The van der Waals surface area contributed by atoms with Gasteiger partial charge in [-0.2, -0.15) is 0 Å².